The lowest BCUT2D eigenvalue weighted by Gasteiger charge is -2.26. The molecule has 9 heteroatoms. The first-order valence-corrected chi connectivity index (χ1v) is 8.92. The van der Waals surface area contributed by atoms with Gasteiger partial charge in [0.1, 0.15) is 24.2 Å². The smallest absolute Gasteiger partial charge is 0.166 e. The maximum atomic E-state index is 15.3. The predicted molar refractivity (Wildman–Crippen MR) is 97.8 cm³/mol. The third kappa shape index (κ3) is 2.99. The van der Waals surface area contributed by atoms with Gasteiger partial charge < -0.3 is 24.0 Å². The first kappa shape index (κ1) is 18.3. The number of aliphatic imine (C=N–C) groups is 1. The van der Waals surface area contributed by atoms with Crippen molar-refractivity contribution in [2.75, 3.05) is 20.7 Å². The van der Waals surface area contributed by atoms with E-state index >= 15 is 4.39 Å². The Kier molecular flexibility index (Phi) is 4.21. The summed E-state index contributed by atoms with van der Waals surface area (Å²) in [4.78, 5) is 14.8. The molecule has 0 unspecified atom stereocenters. The van der Waals surface area contributed by atoms with Crippen molar-refractivity contribution in [2.45, 2.75) is 50.0 Å². The van der Waals surface area contributed by atoms with Gasteiger partial charge in [0, 0.05) is 26.7 Å². The summed E-state index contributed by atoms with van der Waals surface area (Å²) in [5.41, 5.74) is -1.21. The van der Waals surface area contributed by atoms with Crippen LogP contribution in [0.15, 0.2) is 23.6 Å². The number of ether oxygens (including phenoxy) is 2. The topological polar surface area (TPSA) is 85.0 Å². The Morgan fingerprint density at radius 3 is 2.89 bits per heavy atom. The fourth-order valence-electron chi connectivity index (χ4n) is 3.96. The van der Waals surface area contributed by atoms with Crippen LogP contribution in [0.3, 0.4) is 0 Å². The number of hydrogen-bond acceptors (Lipinski definition) is 6. The van der Waals surface area contributed by atoms with Crippen molar-refractivity contribution in [1.82, 2.24) is 19.4 Å². The number of fused-ring (bicyclic) bond motifs is 2. The monoisotopic (exact) mass is 377 g/mol. The maximum Gasteiger partial charge on any atom is 0.166 e. The molecule has 0 radical (unpaired) electrons. The van der Waals surface area contributed by atoms with E-state index in [1.165, 1.54) is 6.33 Å². The summed E-state index contributed by atoms with van der Waals surface area (Å²) < 4.78 is 29.0. The molecule has 0 amide bonds. The number of halogens is 1. The van der Waals surface area contributed by atoms with Gasteiger partial charge in [-0.15, -0.1) is 0 Å². The van der Waals surface area contributed by atoms with Crippen LogP contribution in [0.4, 0.5) is 10.2 Å². The van der Waals surface area contributed by atoms with E-state index in [0.717, 1.165) is 5.39 Å². The molecule has 8 nitrogen and oxygen atoms in total. The summed E-state index contributed by atoms with van der Waals surface area (Å²) in [6.45, 7) is 2.89. The van der Waals surface area contributed by atoms with Crippen LogP contribution in [-0.2, 0) is 9.47 Å². The second-order valence-corrected chi connectivity index (χ2v) is 7.85. The lowest BCUT2D eigenvalue weighted by atomic mass is 10.0. The molecule has 2 fully saturated rings. The predicted octanol–water partition coefficient (Wildman–Crippen LogP) is 1.82. The van der Waals surface area contributed by atoms with Crippen LogP contribution in [0.2, 0.25) is 0 Å². The largest absolute Gasteiger partial charge is 0.393 e. The molecule has 1 N–H and O–H groups in total. The van der Waals surface area contributed by atoms with E-state index in [4.69, 9.17) is 9.47 Å². The second-order valence-electron chi connectivity index (χ2n) is 7.85. The number of aliphatic hydroxyl groups is 1. The van der Waals surface area contributed by atoms with Crippen LogP contribution < -0.4 is 0 Å². The fraction of sp³-hybridized carbons (Fsp3) is 0.611. The number of rotatable bonds is 4. The third-order valence-electron chi connectivity index (χ3n) is 5.09. The van der Waals surface area contributed by atoms with Crippen molar-refractivity contribution < 1.29 is 19.0 Å². The molecule has 4 atom stereocenters. The van der Waals surface area contributed by atoms with Crippen LogP contribution in [0.25, 0.3) is 11.0 Å². The highest BCUT2D eigenvalue weighted by Crippen LogP contribution is 2.51. The van der Waals surface area contributed by atoms with E-state index in [1.54, 1.807) is 20.2 Å². The molecule has 2 aromatic rings. The molecule has 4 rings (SSSR count). The zero-order chi connectivity index (χ0) is 19.4. The van der Waals surface area contributed by atoms with Crippen LogP contribution in [-0.4, -0.2) is 75.2 Å². The Labute approximate surface area is 156 Å². The van der Waals surface area contributed by atoms with E-state index < -0.39 is 30.3 Å². The van der Waals surface area contributed by atoms with Crippen molar-refractivity contribution in [3.63, 3.8) is 0 Å². The fourth-order valence-corrected chi connectivity index (χ4v) is 3.96. The highest BCUT2D eigenvalue weighted by Gasteiger charge is 2.62. The Balaban J connectivity index is 1.75. The molecule has 27 heavy (non-hydrogen) atoms. The van der Waals surface area contributed by atoms with Gasteiger partial charge in [-0.3, -0.25) is 0 Å². The zero-order valence-electron chi connectivity index (χ0n) is 15.8. The average Bonchev–Trinajstić information content (AvgIpc) is 3.25. The Morgan fingerprint density at radius 1 is 1.41 bits per heavy atom. The van der Waals surface area contributed by atoms with Crippen LogP contribution in [0.1, 0.15) is 26.3 Å². The van der Waals surface area contributed by atoms with Crippen LogP contribution in [0.5, 0.6) is 0 Å². The first-order valence-electron chi connectivity index (χ1n) is 8.92. The summed E-state index contributed by atoms with van der Waals surface area (Å²) >= 11 is 0. The number of hydrogen-bond donors (Lipinski definition) is 1. The molecule has 1 saturated carbocycles. The minimum atomic E-state index is -1.86. The molecule has 3 heterocycles. The lowest BCUT2D eigenvalue weighted by molar-refractivity contribution is -0.174. The average molecular weight is 377 g/mol. The van der Waals surface area contributed by atoms with Gasteiger partial charge in [0.05, 0.1) is 24.4 Å². The van der Waals surface area contributed by atoms with E-state index in [2.05, 4.69) is 15.0 Å². The molecule has 0 spiro atoms. The molecule has 2 aromatic heterocycles. The first-order chi connectivity index (χ1) is 12.7. The lowest BCUT2D eigenvalue weighted by Crippen LogP contribution is -2.41. The third-order valence-corrected chi connectivity index (χ3v) is 5.09. The summed E-state index contributed by atoms with van der Waals surface area (Å²) in [5, 5.41) is 10.4. The van der Waals surface area contributed by atoms with Gasteiger partial charge in [-0.25, -0.2) is 19.4 Å². The SMILES string of the molecule is CN(C)C=Nc1ncnc2c1ccn2[C@@H]1C[C@](F)(CO)[C@H]2OC(C)(C)O[C@@H]12. The van der Waals surface area contributed by atoms with Gasteiger partial charge in [-0.1, -0.05) is 0 Å². The number of aromatic nitrogens is 3. The van der Waals surface area contributed by atoms with Gasteiger partial charge >= 0.3 is 0 Å². The molecule has 1 aliphatic heterocycles. The van der Waals surface area contributed by atoms with Gasteiger partial charge in [0.2, 0.25) is 0 Å². The standard InChI is InChI=1S/C18H24FN5O3/c1-17(2)26-13-12(7-18(19,8-25)14(13)27-17)24-6-5-11-15(22-10-23(3)4)20-9-21-16(11)24/h5-6,9-10,12-14,25H,7-8H2,1-4H3/t12-,13+,14+,18+/m1/s1. The van der Waals surface area contributed by atoms with Gasteiger partial charge in [-0.05, 0) is 19.9 Å². The Bertz CT molecular complexity index is 883. The minimum Gasteiger partial charge on any atom is -0.393 e. The molecule has 2 aliphatic rings. The highest BCUT2D eigenvalue weighted by atomic mass is 19.1. The second kappa shape index (κ2) is 6.22. The van der Waals surface area contributed by atoms with E-state index in [9.17, 15) is 5.11 Å². The molecule has 0 bridgehead atoms. The zero-order valence-corrected chi connectivity index (χ0v) is 15.8. The minimum absolute atomic E-state index is 0.0823. The molecule has 146 valence electrons. The van der Waals surface area contributed by atoms with Crippen LogP contribution in [0, 0.1) is 0 Å². The Hall–Kier alpha value is -2.10. The number of alkyl halides is 1. The quantitative estimate of drug-likeness (QED) is 0.646. The van der Waals surface area contributed by atoms with E-state index in [-0.39, 0.29) is 12.5 Å². The van der Waals surface area contributed by atoms with Gasteiger partial charge in [0.15, 0.2) is 17.3 Å². The highest BCUT2D eigenvalue weighted by molar-refractivity contribution is 5.87. The van der Waals surface area contributed by atoms with Crippen LogP contribution >= 0.6 is 0 Å². The molecule has 0 aromatic carbocycles. The van der Waals surface area contributed by atoms with Crippen molar-refractivity contribution >= 4 is 23.2 Å². The molecule has 1 saturated heterocycles. The summed E-state index contributed by atoms with van der Waals surface area (Å²) in [5.74, 6) is -0.362. The van der Waals surface area contributed by atoms with E-state index in [1.807, 2.05) is 35.8 Å². The Morgan fingerprint density at radius 2 is 2.19 bits per heavy atom. The van der Waals surface area contributed by atoms with Gasteiger partial charge in [0.25, 0.3) is 0 Å². The summed E-state index contributed by atoms with van der Waals surface area (Å²) in [6.07, 6.45) is 3.69. The van der Waals surface area contributed by atoms with Crippen molar-refractivity contribution in [3.8, 4) is 0 Å². The van der Waals surface area contributed by atoms with Crippen molar-refractivity contribution in [3.05, 3.63) is 18.6 Å². The van der Waals surface area contributed by atoms with Crippen molar-refractivity contribution in [1.29, 1.82) is 0 Å². The number of aliphatic hydroxyl groups excluding tert-OH is 1. The molecular weight excluding hydrogens is 353 g/mol. The normalized spacial score (nSPS) is 32.4. The van der Waals surface area contributed by atoms with Crippen molar-refractivity contribution in [2.24, 2.45) is 4.99 Å². The van der Waals surface area contributed by atoms with E-state index in [0.29, 0.717) is 11.5 Å². The summed E-state index contributed by atoms with van der Waals surface area (Å²) in [7, 11) is 3.75. The molecular formula is C18H24FN5O3. The molecule has 1 aliphatic carbocycles. The maximum absolute atomic E-state index is 15.3. The van der Waals surface area contributed by atoms with Gasteiger partial charge in [-0.2, -0.15) is 0 Å². The number of nitrogens with zero attached hydrogens (tertiary/aromatic N) is 5. The summed E-state index contributed by atoms with van der Waals surface area (Å²) in [6, 6.07) is 1.51.